The summed E-state index contributed by atoms with van der Waals surface area (Å²) in [5.41, 5.74) is 0.803. The van der Waals surface area contributed by atoms with Crippen LogP contribution in [-0.2, 0) is 6.54 Å². The molecule has 1 N–H and O–H groups in total. The zero-order valence-corrected chi connectivity index (χ0v) is 11.7. The first kappa shape index (κ1) is 14.2. The molecular formula is C14H22FN3O. The van der Waals surface area contributed by atoms with Crippen molar-refractivity contribution in [3.63, 3.8) is 0 Å². The van der Waals surface area contributed by atoms with E-state index in [1.165, 1.54) is 25.1 Å². The quantitative estimate of drug-likeness (QED) is 0.729. The summed E-state index contributed by atoms with van der Waals surface area (Å²) >= 11 is 0. The van der Waals surface area contributed by atoms with Crippen molar-refractivity contribution in [3.8, 4) is 5.88 Å². The molecule has 0 radical (unpaired) electrons. The van der Waals surface area contributed by atoms with Gasteiger partial charge in [-0.1, -0.05) is 0 Å². The van der Waals surface area contributed by atoms with Gasteiger partial charge in [0.05, 0.1) is 12.8 Å². The minimum Gasteiger partial charge on any atom is -0.477 e. The molecule has 1 aromatic heterocycles. The molecule has 0 saturated heterocycles. The van der Waals surface area contributed by atoms with Crippen molar-refractivity contribution >= 4 is 0 Å². The summed E-state index contributed by atoms with van der Waals surface area (Å²) in [5.74, 6) is 0.238. The van der Waals surface area contributed by atoms with E-state index < -0.39 is 0 Å². The Labute approximate surface area is 114 Å². The molecule has 5 heteroatoms. The van der Waals surface area contributed by atoms with Crippen LogP contribution in [0.4, 0.5) is 4.39 Å². The van der Waals surface area contributed by atoms with Gasteiger partial charge in [0.25, 0.3) is 0 Å². The van der Waals surface area contributed by atoms with E-state index in [0.717, 1.165) is 18.5 Å². The first-order valence-corrected chi connectivity index (χ1v) is 6.80. The van der Waals surface area contributed by atoms with Crippen LogP contribution < -0.4 is 10.1 Å². The number of rotatable bonds is 8. The van der Waals surface area contributed by atoms with Crippen LogP contribution in [0.25, 0.3) is 0 Å². The van der Waals surface area contributed by atoms with Gasteiger partial charge in [-0.05, 0) is 39.4 Å². The lowest BCUT2D eigenvalue weighted by molar-refractivity contribution is 0.269. The van der Waals surface area contributed by atoms with Gasteiger partial charge >= 0.3 is 0 Å². The molecule has 19 heavy (non-hydrogen) atoms. The van der Waals surface area contributed by atoms with Crippen LogP contribution in [0.2, 0.25) is 0 Å². The second kappa shape index (κ2) is 6.82. The van der Waals surface area contributed by atoms with Gasteiger partial charge in [0.1, 0.15) is 5.82 Å². The SMILES string of the molecule is CN(C)CCCOc1ncc(F)cc1CNC1CC1. The zero-order chi connectivity index (χ0) is 13.7. The zero-order valence-electron chi connectivity index (χ0n) is 11.7. The number of aromatic nitrogens is 1. The Morgan fingerprint density at radius 3 is 2.95 bits per heavy atom. The predicted octanol–water partition coefficient (Wildman–Crippen LogP) is 1.80. The molecule has 0 spiro atoms. The van der Waals surface area contributed by atoms with Crippen molar-refractivity contribution in [3.05, 3.63) is 23.6 Å². The molecule has 0 bridgehead atoms. The molecule has 0 atom stereocenters. The van der Waals surface area contributed by atoms with E-state index in [4.69, 9.17) is 4.74 Å². The van der Waals surface area contributed by atoms with Crippen molar-refractivity contribution in [1.29, 1.82) is 0 Å². The predicted molar refractivity (Wildman–Crippen MR) is 72.7 cm³/mol. The third-order valence-corrected chi connectivity index (χ3v) is 3.04. The highest BCUT2D eigenvalue weighted by atomic mass is 19.1. The second-order valence-corrected chi connectivity index (χ2v) is 5.28. The molecule has 2 rings (SSSR count). The van der Waals surface area contributed by atoms with Crippen LogP contribution in [0.1, 0.15) is 24.8 Å². The maximum atomic E-state index is 13.2. The standard InChI is InChI=1S/C14H22FN3O/c1-18(2)6-3-7-19-14-11(8-12(15)10-17-14)9-16-13-4-5-13/h8,10,13,16H,3-7,9H2,1-2H3. The third kappa shape index (κ3) is 5.12. The first-order chi connectivity index (χ1) is 9.15. The largest absolute Gasteiger partial charge is 0.477 e. The Morgan fingerprint density at radius 1 is 1.47 bits per heavy atom. The molecule has 1 heterocycles. The van der Waals surface area contributed by atoms with Crippen LogP contribution in [0, 0.1) is 5.82 Å². The second-order valence-electron chi connectivity index (χ2n) is 5.28. The molecular weight excluding hydrogens is 245 g/mol. The number of nitrogens with one attached hydrogen (secondary N) is 1. The Balaban J connectivity index is 1.85. The highest BCUT2D eigenvalue weighted by Crippen LogP contribution is 2.22. The molecule has 106 valence electrons. The number of pyridine rings is 1. The molecule has 1 aliphatic rings. The van der Waals surface area contributed by atoms with Gasteiger partial charge in [0.15, 0.2) is 0 Å². The van der Waals surface area contributed by atoms with Crippen molar-refractivity contribution in [1.82, 2.24) is 15.2 Å². The minimum absolute atomic E-state index is 0.312. The van der Waals surface area contributed by atoms with E-state index in [-0.39, 0.29) is 5.82 Å². The number of halogens is 1. The lowest BCUT2D eigenvalue weighted by atomic mass is 10.2. The molecule has 4 nitrogen and oxygen atoms in total. The van der Waals surface area contributed by atoms with Crippen molar-refractivity contribution in [2.45, 2.75) is 31.8 Å². The molecule has 1 fully saturated rings. The lowest BCUT2D eigenvalue weighted by Crippen LogP contribution is -2.18. The summed E-state index contributed by atoms with van der Waals surface area (Å²) < 4.78 is 18.9. The molecule has 1 saturated carbocycles. The van der Waals surface area contributed by atoms with Crippen LogP contribution in [0.3, 0.4) is 0 Å². The Kier molecular flexibility index (Phi) is 5.10. The first-order valence-electron chi connectivity index (χ1n) is 6.80. The van der Waals surface area contributed by atoms with E-state index in [1.807, 2.05) is 14.1 Å². The number of hydrogen-bond donors (Lipinski definition) is 1. The van der Waals surface area contributed by atoms with E-state index >= 15 is 0 Å². The normalized spacial score (nSPS) is 14.9. The van der Waals surface area contributed by atoms with Gasteiger partial charge < -0.3 is 15.0 Å². The summed E-state index contributed by atoms with van der Waals surface area (Å²) in [6.45, 7) is 2.20. The summed E-state index contributed by atoms with van der Waals surface area (Å²) in [6, 6.07) is 2.09. The van der Waals surface area contributed by atoms with Crippen molar-refractivity contribution in [2.75, 3.05) is 27.2 Å². The topological polar surface area (TPSA) is 37.4 Å². The smallest absolute Gasteiger partial charge is 0.218 e. The highest BCUT2D eigenvalue weighted by molar-refractivity contribution is 5.26. The van der Waals surface area contributed by atoms with Crippen LogP contribution >= 0.6 is 0 Å². The Bertz CT molecular complexity index is 408. The fourth-order valence-electron chi connectivity index (χ4n) is 1.82. The summed E-state index contributed by atoms with van der Waals surface area (Å²) in [5, 5.41) is 3.35. The third-order valence-electron chi connectivity index (χ3n) is 3.04. The van der Waals surface area contributed by atoms with Gasteiger partial charge in [-0.25, -0.2) is 9.37 Å². The highest BCUT2D eigenvalue weighted by Gasteiger charge is 2.21. The maximum Gasteiger partial charge on any atom is 0.218 e. The average molecular weight is 267 g/mol. The number of ether oxygens (including phenoxy) is 1. The van der Waals surface area contributed by atoms with E-state index in [0.29, 0.717) is 25.1 Å². The van der Waals surface area contributed by atoms with E-state index in [1.54, 1.807) is 0 Å². The monoisotopic (exact) mass is 267 g/mol. The molecule has 0 aromatic carbocycles. The van der Waals surface area contributed by atoms with Crippen molar-refractivity contribution in [2.24, 2.45) is 0 Å². The van der Waals surface area contributed by atoms with Gasteiger partial charge in [0.2, 0.25) is 5.88 Å². The fraction of sp³-hybridized carbons (Fsp3) is 0.643. The molecule has 0 unspecified atom stereocenters. The van der Waals surface area contributed by atoms with Crippen molar-refractivity contribution < 1.29 is 9.13 Å². The maximum absolute atomic E-state index is 13.2. The molecule has 1 aliphatic carbocycles. The van der Waals surface area contributed by atoms with Gasteiger partial charge in [0, 0.05) is 24.7 Å². The van der Waals surface area contributed by atoms with Crippen LogP contribution in [-0.4, -0.2) is 43.2 Å². The van der Waals surface area contributed by atoms with E-state index in [2.05, 4.69) is 15.2 Å². The Morgan fingerprint density at radius 2 is 2.26 bits per heavy atom. The summed E-state index contributed by atoms with van der Waals surface area (Å²) in [4.78, 5) is 6.15. The Hall–Kier alpha value is -1.20. The fourth-order valence-corrected chi connectivity index (χ4v) is 1.82. The summed E-state index contributed by atoms with van der Waals surface area (Å²) in [7, 11) is 4.06. The van der Waals surface area contributed by atoms with Crippen LogP contribution in [0.15, 0.2) is 12.3 Å². The summed E-state index contributed by atoms with van der Waals surface area (Å²) in [6.07, 6.45) is 4.56. The van der Waals surface area contributed by atoms with Gasteiger partial charge in [-0.15, -0.1) is 0 Å². The van der Waals surface area contributed by atoms with Gasteiger partial charge in [-0.3, -0.25) is 0 Å². The van der Waals surface area contributed by atoms with Crippen LogP contribution in [0.5, 0.6) is 5.88 Å². The number of nitrogens with zero attached hydrogens (tertiary/aromatic N) is 2. The minimum atomic E-state index is -0.312. The number of hydrogen-bond acceptors (Lipinski definition) is 4. The molecule has 1 aromatic rings. The molecule has 0 aliphatic heterocycles. The van der Waals surface area contributed by atoms with Gasteiger partial charge in [-0.2, -0.15) is 0 Å². The van der Waals surface area contributed by atoms with E-state index in [9.17, 15) is 4.39 Å². The average Bonchev–Trinajstić information content (AvgIpc) is 3.17. The lowest BCUT2D eigenvalue weighted by Gasteiger charge is -2.12. The molecule has 0 amide bonds.